The zero-order valence-corrected chi connectivity index (χ0v) is 11.1. The molecule has 2 heterocycles. The van der Waals surface area contributed by atoms with Crippen molar-refractivity contribution in [2.45, 2.75) is 25.7 Å². The summed E-state index contributed by atoms with van der Waals surface area (Å²) in [5, 5.41) is 3.75. The number of anilines is 1. The maximum absolute atomic E-state index is 11.9. The second-order valence-corrected chi connectivity index (χ2v) is 4.88. The number of halogens is 1. The molecular formula is C13H18ClN3O. The van der Waals surface area contributed by atoms with Crippen molar-refractivity contribution in [2.75, 3.05) is 25.0 Å². The molecule has 2 rings (SSSR count). The van der Waals surface area contributed by atoms with E-state index < -0.39 is 0 Å². The van der Waals surface area contributed by atoms with E-state index in [9.17, 15) is 4.79 Å². The monoisotopic (exact) mass is 267 g/mol. The van der Waals surface area contributed by atoms with Gasteiger partial charge in [0, 0.05) is 38.4 Å². The number of nitrogens with zero attached hydrogens (tertiary/aromatic N) is 2. The van der Waals surface area contributed by atoms with E-state index in [1.54, 1.807) is 12.4 Å². The second-order valence-electron chi connectivity index (χ2n) is 4.47. The highest BCUT2D eigenvalue weighted by atomic mass is 35.5. The minimum Gasteiger partial charge on any atom is -0.383 e. The molecule has 1 N–H and O–H groups in total. The number of aromatic nitrogens is 1. The third-order valence-corrected chi connectivity index (χ3v) is 3.44. The highest BCUT2D eigenvalue weighted by Gasteiger charge is 2.15. The predicted octanol–water partition coefficient (Wildman–Crippen LogP) is 2.55. The number of likely N-dealkylation sites (tertiary alicyclic amines) is 1. The van der Waals surface area contributed by atoms with Crippen molar-refractivity contribution in [3.05, 3.63) is 23.5 Å². The lowest BCUT2D eigenvalue weighted by molar-refractivity contribution is -0.131. The summed E-state index contributed by atoms with van der Waals surface area (Å²) >= 11 is 5.97. The van der Waals surface area contributed by atoms with E-state index in [4.69, 9.17) is 11.6 Å². The average molecular weight is 268 g/mol. The quantitative estimate of drug-likeness (QED) is 0.912. The van der Waals surface area contributed by atoms with Crippen LogP contribution in [0.1, 0.15) is 25.7 Å². The fourth-order valence-electron chi connectivity index (χ4n) is 2.12. The van der Waals surface area contributed by atoms with Crippen molar-refractivity contribution >= 4 is 23.2 Å². The fraction of sp³-hybridized carbons (Fsp3) is 0.538. The summed E-state index contributed by atoms with van der Waals surface area (Å²) in [4.78, 5) is 17.8. The summed E-state index contributed by atoms with van der Waals surface area (Å²) in [5.41, 5.74) is 0.832. The molecular weight excluding hydrogens is 250 g/mol. The van der Waals surface area contributed by atoms with Gasteiger partial charge >= 0.3 is 0 Å². The first kappa shape index (κ1) is 13.1. The van der Waals surface area contributed by atoms with Crippen molar-refractivity contribution in [2.24, 2.45) is 0 Å². The standard InChI is InChI=1S/C13H18ClN3O/c14-11-10-15-6-4-12(11)16-7-5-13(18)17-8-2-1-3-9-17/h4,6,10H,1-3,5,7-9H2,(H,15,16). The van der Waals surface area contributed by atoms with Crippen LogP contribution in [0.15, 0.2) is 18.5 Å². The minimum absolute atomic E-state index is 0.229. The van der Waals surface area contributed by atoms with E-state index in [1.807, 2.05) is 11.0 Å². The van der Waals surface area contributed by atoms with Crippen molar-refractivity contribution in [1.29, 1.82) is 0 Å². The van der Waals surface area contributed by atoms with Gasteiger partial charge in [-0.15, -0.1) is 0 Å². The van der Waals surface area contributed by atoms with Gasteiger partial charge in [0.05, 0.1) is 10.7 Å². The summed E-state index contributed by atoms with van der Waals surface area (Å²) < 4.78 is 0. The highest BCUT2D eigenvalue weighted by molar-refractivity contribution is 6.33. The van der Waals surface area contributed by atoms with E-state index in [0.717, 1.165) is 31.6 Å². The van der Waals surface area contributed by atoms with Crippen LogP contribution in [0, 0.1) is 0 Å². The van der Waals surface area contributed by atoms with E-state index in [-0.39, 0.29) is 5.91 Å². The molecule has 18 heavy (non-hydrogen) atoms. The Morgan fingerprint density at radius 2 is 2.17 bits per heavy atom. The van der Waals surface area contributed by atoms with Crippen LogP contribution >= 0.6 is 11.6 Å². The number of nitrogens with one attached hydrogen (secondary N) is 1. The summed E-state index contributed by atoms with van der Waals surface area (Å²) in [6.07, 6.45) is 7.30. The predicted molar refractivity (Wildman–Crippen MR) is 72.8 cm³/mol. The van der Waals surface area contributed by atoms with Crippen LogP contribution in [0.5, 0.6) is 0 Å². The molecule has 98 valence electrons. The number of pyridine rings is 1. The van der Waals surface area contributed by atoms with Gasteiger partial charge in [0.15, 0.2) is 0 Å². The molecule has 0 radical (unpaired) electrons. The van der Waals surface area contributed by atoms with E-state index in [2.05, 4.69) is 10.3 Å². The van der Waals surface area contributed by atoms with Crippen LogP contribution in [0.4, 0.5) is 5.69 Å². The highest BCUT2D eigenvalue weighted by Crippen LogP contribution is 2.19. The molecule has 1 aliphatic heterocycles. The number of hydrogen-bond acceptors (Lipinski definition) is 3. The molecule has 1 fully saturated rings. The van der Waals surface area contributed by atoms with E-state index in [0.29, 0.717) is 18.0 Å². The fourth-order valence-corrected chi connectivity index (χ4v) is 2.31. The molecule has 5 heteroatoms. The summed E-state index contributed by atoms with van der Waals surface area (Å²) in [7, 11) is 0. The molecule has 0 aliphatic carbocycles. The lowest BCUT2D eigenvalue weighted by atomic mass is 10.1. The number of hydrogen-bond donors (Lipinski definition) is 1. The van der Waals surface area contributed by atoms with Gasteiger partial charge in [0.2, 0.25) is 5.91 Å². The Kier molecular flexibility index (Phi) is 4.81. The SMILES string of the molecule is O=C(CCNc1ccncc1Cl)N1CCCCC1. The molecule has 0 spiro atoms. The third kappa shape index (κ3) is 3.60. The number of carbonyl (C=O) groups is 1. The Morgan fingerprint density at radius 1 is 1.39 bits per heavy atom. The van der Waals surface area contributed by atoms with Gasteiger partial charge in [-0.05, 0) is 25.3 Å². The van der Waals surface area contributed by atoms with Gasteiger partial charge in [0.25, 0.3) is 0 Å². The van der Waals surface area contributed by atoms with Crippen molar-refractivity contribution in [3.8, 4) is 0 Å². The molecule has 4 nitrogen and oxygen atoms in total. The number of carbonyl (C=O) groups excluding carboxylic acids is 1. The van der Waals surface area contributed by atoms with Crippen molar-refractivity contribution in [3.63, 3.8) is 0 Å². The minimum atomic E-state index is 0.229. The molecule has 0 aromatic carbocycles. The summed E-state index contributed by atoms with van der Waals surface area (Å²) in [5.74, 6) is 0.229. The van der Waals surface area contributed by atoms with Gasteiger partial charge in [-0.1, -0.05) is 11.6 Å². The van der Waals surface area contributed by atoms with Gasteiger partial charge < -0.3 is 10.2 Å². The van der Waals surface area contributed by atoms with Crippen LogP contribution in [-0.2, 0) is 4.79 Å². The van der Waals surface area contributed by atoms with Crippen molar-refractivity contribution < 1.29 is 4.79 Å². The van der Waals surface area contributed by atoms with E-state index in [1.165, 1.54) is 6.42 Å². The van der Waals surface area contributed by atoms with Crippen molar-refractivity contribution in [1.82, 2.24) is 9.88 Å². The Balaban J connectivity index is 1.75. The van der Waals surface area contributed by atoms with Crippen LogP contribution in [0.25, 0.3) is 0 Å². The number of piperidine rings is 1. The normalized spacial score (nSPS) is 15.5. The molecule has 1 aliphatic rings. The van der Waals surface area contributed by atoms with Crippen LogP contribution in [-0.4, -0.2) is 35.4 Å². The Bertz CT molecular complexity index is 405. The number of amides is 1. The lowest BCUT2D eigenvalue weighted by Gasteiger charge is -2.26. The second kappa shape index (κ2) is 6.59. The zero-order valence-electron chi connectivity index (χ0n) is 10.4. The number of rotatable bonds is 4. The molecule has 1 amide bonds. The molecule has 0 bridgehead atoms. The first-order chi connectivity index (χ1) is 8.77. The van der Waals surface area contributed by atoms with Gasteiger partial charge in [0.1, 0.15) is 0 Å². The molecule has 1 aromatic rings. The first-order valence-corrected chi connectivity index (χ1v) is 6.76. The maximum atomic E-state index is 11.9. The third-order valence-electron chi connectivity index (χ3n) is 3.14. The van der Waals surface area contributed by atoms with Crippen LogP contribution in [0.2, 0.25) is 5.02 Å². The van der Waals surface area contributed by atoms with Gasteiger partial charge in [-0.2, -0.15) is 0 Å². The zero-order chi connectivity index (χ0) is 12.8. The molecule has 0 saturated carbocycles. The molecule has 1 aromatic heterocycles. The van der Waals surface area contributed by atoms with Gasteiger partial charge in [-0.3, -0.25) is 9.78 Å². The smallest absolute Gasteiger partial charge is 0.224 e. The maximum Gasteiger partial charge on any atom is 0.224 e. The van der Waals surface area contributed by atoms with Gasteiger partial charge in [-0.25, -0.2) is 0 Å². The largest absolute Gasteiger partial charge is 0.383 e. The molecule has 1 saturated heterocycles. The van der Waals surface area contributed by atoms with Crippen LogP contribution in [0.3, 0.4) is 0 Å². The summed E-state index contributed by atoms with van der Waals surface area (Å²) in [6.45, 7) is 2.43. The average Bonchev–Trinajstić information content (AvgIpc) is 2.42. The Labute approximate surface area is 112 Å². The Hall–Kier alpha value is -1.29. The Morgan fingerprint density at radius 3 is 2.89 bits per heavy atom. The lowest BCUT2D eigenvalue weighted by Crippen LogP contribution is -2.36. The van der Waals surface area contributed by atoms with Crippen LogP contribution < -0.4 is 5.32 Å². The van der Waals surface area contributed by atoms with E-state index >= 15 is 0 Å². The summed E-state index contributed by atoms with van der Waals surface area (Å²) in [6, 6.07) is 1.81. The molecule has 0 unspecified atom stereocenters. The topological polar surface area (TPSA) is 45.2 Å². The molecule has 0 atom stereocenters. The first-order valence-electron chi connectivity index (χ1n) is 6.38.